The number of carbonyl (C=O) groups is 2. The van der Waals surface area contributed by atoms with E-state index in [1.807, 2.05) is 13.8 Å². The van der Waals surface area contributed by atoms with Crippen LogP contribution in [0.1, 0.15) is 26.7 Å². The largest absolute Gasteiger partial charge is 0.560 e. The van der Waals surface area contributed by atoms with Crippen molar-refractivity contribution in [3.8, 4) is 0 Å². The predicted molar refractivity (Wildman–Crippen MR) is 84.1 cm³/mol. The smallest absolute Gasteiger partial charge is 0.371 e. The first-order valence-corrected chi connectivity index (χ1v) is 7.88. The Bertz CT molecular complexity index is 428. The van der Waals surface area contributed by atoms with Crippen molar-refractivity contribution in [2.75, 3.05) is 6.54 Å². The Morgan fingerprint density at radius 2 is 1.96 bits per heavy atom. The van der Waals surface area contributed by atoms with Crippen LogP contribution in [0.4, 0.5) is 0 Å². The van der Waals surface area contributed by atoms with Gasteiger partial charge in [0.05, 0.1) is 6.04 Å². The number of aliphatic carboxylic acids is 1. The van der Waals surface area contributed by atoms with Crippen LogP contribution in [0.3, 0.4) is 0 Å². The zero-order valence-electron chi connectivity index (χ0n) is 13.5. The molecule has 1 saturated heterocycles. The van der Waals surface area contributed by atoms with Crippen molar-refractivity contribution in [3.05, 3.63) is 0 Å². The summed E-state index contributed by atoms with van der Waals surface area (Å²) in [6, 6.07) is -1.93. The molecule has 0 bridgehead atoms. The minimum atomic E-state index is -3.39. The van der Waals surface area contributed by atoms with E-state index >= 15 is 0 Å². The van der Waals surface area contributed by atoms with E-state index in [4.69, 9.17) is 20.8 Å². The zero-order chi connectivity index (χ0) is 17.8. The van der Waals surface area contributed by atoms with E-state index in [2.05, 4.69) is 10.6 Å². The molecule has 10 heteroatoms. The molecule has 0 aliphatic carbocycles. The maximum absolute atomic E-state index is 12.1. The van der Waals surface area contributed by atoms with E-state index in [0.29, 0.717) is 13.0 Å². The number of carbonyl (C=O) groups excluding carboxylic acids is 1. The van der Waals surface area contributed by atoms with Crippen LogP contribution in [0.15, 0.2) is 0 Å². The molecule has 0 aromatic carbocycles. The lowest BCUT2D eigenvalue weighted by atomic mass is 9.73. The van der Waals surface area contributed by atoms with Crippen LogP contribution in [-0.2, 0) is 9.59 Å². The molecule has 1 aliphatic heterocycles. The van der Waals surface area contributed by atoms with Gasteiger partial charge in [0, 0.05) is 18.5 Å². The molecule has 0 radical (unpaired) electrons. The Balaban J connectivity index is 2.68. The molecule has 1 aliphatic rings. The number of hydrogen-bond acceptors (Lipinski definition) is 7. The molecule has 9 nitrogen and oxygen atoms in total. The van der Waals surface area contributed by atoms with Gasteiger partial charge in [0.1, 0.15) is 6.04 Å². The van der Waals surface area contributed by atoms with Crippen molar-refractivity contribution in [3.63, 3.8) is 0 Å². The van der Waals surface area contributed by atoms with Crippen LogP contribution < -0.4 is 16.4 Å². The second kappa shape index (κ2) is 8.07. The highest BCUT2D eigenvalue weighted by Gasteiger charge is 2.41. The van der Waals surface area contributed by atoms with Crippen molar-refractivity contribution >= 4 is 18.6 Å². The standard InChI is InChI=1S/C13H27BN3O6/c1-7(2)10(15)12(18)17-9-6-16-11(13(19)20)8(9)4-3-5-14(21,22)23/h7-11,16,21-23H,3-6,15H2,1-2H3,(H,17,18)(H,19,20)/q-1/t8-,9+,10+,11+/m1/s1. The fraction of sp³-hybridized carbons (Fsp3) is 0.846. The number of nitrogens with one attached hydrogen (secondary N) is 2. The second-order valence-corrected chi connectivity index (χ2v) is 6.60. The van der Waals surface area contributed by atoms with Crippen molar-refractivity contribution < 1.29 is 29.8 Å². The van der Waals surface area contributed by atoms with Gasteiger partial charge in [-0.25, -0.2) is 0 Å². The number of nitrogens with two attached hydrogens (primary N) is 1. The van der Waals surface area contributed by atoms with Crippen LogP contribution in [0.5, 0.6) is 0 Å². The van der Waals surface area contributed by atoms with Crippen LogP contribution >= 0.6 is 0 Å². The average Bonchev–Trinajstić information content (AvgIpc) is 2.79. The third-order valence-corrected chi connectivity index (χ3v) is 4.25. The van der Waals surface area contributed by atoms with E-state index in [1.165, 1.54) is 0 Å². The van der Waals surface area contributed by atoms with Crippen LogP contribution in [-0.4, -0.2) is 63.5 Å². The summed E-state index contributed by atoms with van der Waals surface area (Å²) in [5.41, 5.74) is 5.79. The minimum absolute atomic E-state index is 0.0421. The summed E-state index contributed by atoms with van der Waals surface area (Å²) >= 11 is 0. The Hall–Kier alpha value is -1.20. The monoisotopic (exact) mass is 332 g/mol. The third-order valence-electron chi connectivity index (χ3n) is 4.25. The fourth-order valence-corrected chi connectivity index (χ4v) is 2.79. The molecule has 1 fully saturated rings. The number of amides is 1. The summed E-state index contributed by atoms with van der Waals surface area (Å²) in [5, 5.41) is 41.8. The van der Waals surface area contributed by atoms with Gasteiger partial charge in [-0.1, -0.05) is 26.6 Å². The molecule has 1 rings (SSSR count). The van der Waals surface area contributed by atoms with Crippen molar-refractivity contribution in [2.45, 2.75) is 51.1 Å². The summed E-state index contributed by atoms with van der Waals surface area (Å²) in [7, 11) is 0. The highest BCUT2D eigenvalue weighted by Crippen LogP contribution is 2.24. The lowest BCUT2D eigenvalue weighted by Crippen LogP contribution is -2.50. The van der Waals surface area contributed by atoms with Gasteiger partial charge in [0.25, 0.3) is 0 Å². The quantitative estimate of drug-likeness (QED) is 0.247. The Labute approximate surface area is 135 Å². The Morgan fingerprint density at radius 3 is 2.43 bits per heavy atom. The lowest BCUT2D eigenvalue weighted by Gasteiger charge is -2.26. The van der Waals surface area contributed by atoms with E-state index in [0.717, 1.165) is 0 Å². The number of rotatable bonds is 8. The first kappa shape index (κ1) is 19.9. The van der Waals surface area contributed by atoms with Crippen LogP contribution in [0.2, 0.25) is 6.32 Å². The Kier molecular flexibility index (Phi) is 6.96. The fourth-order valence-electron chi connectivity index (χ4n) is 2.79. The highest BCUT2D eigenvalue weighted by atomic mass is 16.5. The summed E-state index contributed by atoms with van der Waals surface area (Å²) in [4.78, 5) is 23.4. The van der Waals surface area contributed by atoms with Gasteiger partial charge >= 0.3 is 12.7 Å². The molecule has 0 spiro atoms. The normalized spacial score (nSPS) is 26.3. The van der Waals surface area contributed by atoms with Crippen molar-refractivity contribution in [1.29, 1.82) is 0 Å². The SMILES string of the molecule is CC(C)[C@H](N)C(=O)N[C@H]1CN[C@H](C(=O)O)[C@@H]1CCC[B-](O)(O)O. The van der Waals surface area contributed by atoms with E-state index < -0.39 is 36.8 Å². The second-order valence-electron chi connectivity index (χ2n) is 6.60. The molecule has 8 N–H and O–H groups in total. The van der Waals surface area contributed by atoms with Gasteiger partial charge < -0.3 is 36.5 Å². The molecule has 23 heavy (non-hydrogen) atoms. The highest BCUT2D eigenvalue weighted by molar-refractivity contribution is 6.56. The predicted octanol–water partition coefficient (Wildman–Crippen LogP) is -2.18. The van der Waals surface area contributed by atoms with Crippen LogP contribution in [0.25, 0.3) is 0 Å². The van der Waals surface area contributed by atoms with Crippen LogP contribution in [0, 0.1) is 11.8 Å². The van der Waals surface area contributed by atoms with Crippen molar-refractivity contribution in [2.24, 2.45) is 17.6 Å². The van der Waals surface area contributed by atoms with Gasteiger partial charge in [-0.2, -0.15) is 0 Å². The molecule has 0 aromatic heterocycles. The number of hydrogen-bond donors (Lipinski definition) is 7. The number of carboxylic acids is 1. The van der Waals surface area contributed by atoms with Gasteiger partial charge in [-0.15, -0.1) is 0 Å². The first-order chi connectivity index (χ1) is 10.5. The molecule has 134 valence electrons. The maximum Gasteiger partial charge on any atom is 0.371 e. The molecule has 1 amide bonds. The summed E-state index contributed by atoms with van der Waals surface area (Å²) in [5.74, 6) is -1.84. The third kappa shape index (κ3) is 6.07. The van der Waals surface area contributed by atoms with Gasteiger partial charge in [0.15, 0.2) is 0 Å². The molecule has 4 atom stereocenters. The Morgan fingerprint density at radius 1 is 1.35 bits per heavy atom. The maximum atomic E-state index is 12.1. The van der Waals surface area contributed by atoms with E-state index in [1.54, 1.807) is 0 Å². The van der Waals surface area contributed by atoms with Crippen molar-refractivity contribution in [1.82, 2.24) is 10.6 Å². The summed E-state index contributed by atoms with van der Waals surface area (Å²) in [6.45, 7) is 0.548. The minimum Gasteiger partial charge on any atom is -0.560 e. The topological polar surface area (TPSA) is 165 Å². The number of carboxylic acid groups (broad SMARTS) is 1. The molecular formula is C13H27BN3O6-. The van der Waals surface area contributed by atoms with Gasteiger partial charge in [-0.3, -0.25) is 9.59 Å². The van der Waals surface area contributed by atoms with E-state index in [-0.39, 0.29) is 24.6 Å². The molecule has 1 heterocycles. The first-order valence-electron chi connectivity index (χ1n) is 7.88. The van der Waals surface area contributed by atoms with Gasteiger partial charge in [0.2, 0.25) is 5.91 Å². The van der Waals surface area contributed by atoms with E-state index in [9.17, 15) is 14.7 Å². The average molecular weight is 332 g/mol. The zero-order valence-corrected chi connectivity index (χ0v) is 13.5. The molecule has 0 aromatic rings. The lowest BCUT2D eigenvalue weighted by molar-refractivity contribution is -0.140. The summed E-state index contributed by atoms with van der Waals surface area (Å²) < 4.78 is 0. The molecular weight excluding hydrogens is 305 g/mol. The summed E-state index contributed by atoms with van der Waals surface area (Å²) in [6.07, 6.45) is 0.300. The van der Waals surface area contributed by atoms with Gasteiger partial charge in [-0.05, 0) is 12.3 Å². The molecule has 0 unspecified atom stereocenters. The molecule has 0 saturated carbocycles.